The van der Waals surface area contributed by atoms with Crippen LogP contribution in [0.15, 0.2) is 0 Å². The van der Waals surface area contributed by atoms with Gasteiger partial charge in [-0.1, -0.05) is 0 Å². The van der Waals surface area contributed by atoms with Crippen LogP contribution in [0.3, 0.4) is 0 Å². The summed E-state index contributed by atoms with van der Waals surface area (Å²) in [4.78, 5) is 10.5. The SMILES string of the molecule is O=C(O)[C@H]1C[C@@H]2CCC1O2. The molecule has 2 heterocycles. The minimum atomic E-state index is -0.688. The van der Waals surface area contributed by atoms with E-state index in [4.69, 9.17) is 9.84 Å². The number of carboxylic acids is 1. The normalized spacial score (nSPS) is 44.2. The van der Waals surface area contributed by atoms with Gasteiger partial charge in [0.2, 0.25) is 0 Å². The fraction of sp³-hybridized carbons (Fsp3) is 0.857. The predicted molar refractivity (Wildman–Crippen MR) is 33.6 cm³/mol. The quantitative estimate of drug-likeness (QED) is 0.584. The Morgan fingerprint density at radius 3 is 2.60 bits per heavy atom. The Morgan fingerprint density at radius 1 is 1.50 bits per heavy atom. The van der Waals surface area contributed by atoms with Crippen molar-refractivity contribution in [3.8, 4) is 0 Å². The summed E-state index contributed by atoms with van der Waals surface area (Å²) in [5, 5.41) is 8.66. The van der Waals surface area contributed by atoms with Crippen LogP contribution < -0.4 is 0 Å². The molecule has 1 N–H and O–H groups in total. The van der Waals surface area contributed by atoms with Crippen molar-refractivity contribution in [1.82, 2.24) is 0 Å². The van der Waals surface area contributed by atoms with Crippen molar-refractivity contribution in [1.29, 1.82) is 0 Å². The van der Waals surface area contributed by atoms with Crippen molar-refractivity contribution in [3.05, 3.63) is 0 Å². The Kier molecular flexibility index (Phi) is 1.20. The van der Waals surface area contributed by atoms with Gasteiger partial charge in [-0.05, 0) is 19.3 Å². The zero-order valence-corrected chi connectivity index (χ0v) is 5.62. The highest BCUT2D eigenvalue weighted by molar-refractivity contribution is 5.71. The Bertz CT molecular complexity index is 166. The van der Waals surface area contributed by atoms with Gasteiger partial charge in [0.25, 0.3) is 0 Å². The smallest absolute Gasteiger partial charge is 0.309 e. The van der Waals surface area contributed by atoms with Crippen LogP contribution in [0.5, 0.6) is 0 Å². The molecular formula is C7H10O3. The molecule has 1 unspecified atom stereocenters. The van der Waals surface area contributed by atoms with Crippen LogP contribution in [-0.4, -0.2) is 23.3 Å². The number of fused-ring (bicyclic) bond motifs is 2. The van der Waals surface area contributed by atoms with E-state index in [1.165, 1.54) is 0 Å². The van der Waals surface area contributed by atoms with E-state index in [1.807, 2.05) is 0 Å². The number of rotatable bonds is 1. The van der Waals surface area contributed by atoms with Gasteiger partial charge in [0.15, 0.2) is 0 Å². The van der Waals surface area contributed by atoms with E-state index in [2.05, 4.69) is 0 Å². The van der Waals surface area contributed by atoms with Crippen LogP contribution in [0.25, 0.3) is 0 Å². The maximum absolute atomic E-state index is 10.5. The summed E-state index contributed by atoms with van der Waals surface area (Å²) < 4.78 is 5.37. The lowest BCUT2D eigenvalue weighted by atomic mass is 9.89. The summed E-state index contributed by atoms with van der Waals surface area (Å²) in [5.74, 6) is -0.897. The minimum absolute atomic E-state index is 0.0301. The molecule has 0 amide bonds. The molecule has 0 aromatic rings. The van der Waals surface area contributed by atoms with Gasteiger partial charge in [0.05, 0.1) is 18.1 Å². The van der Waals surface area contributed by atoms with Gasteiger partial charge >= 0.3 is 5.97 Å². The van der Waals surface area contributed by atoms with E-state index in [0.29, 0.717) is 0 Å². The molecule has 56 valence electrons. The molecule has 0 aliphatic carbocycles. The summed E-state index contributed by atoms with van der Waals surface area (Å²) in [5.41, 5.74) is 0. The summed E-state index contributed by atoms with van der Waals surface area (Å²) in [7, 11) is 0. The predicted octanol–water partition coefficient (Wildman–Crippen LogP) is 0.639. The summed E-state index contributed by atoms with van der Waals surface area (Å²) in [6.07, 6.45) is 3.03. The third-order valence-electron chi connectivity index (χ3n) is 2.42. The second kappa shape index (κ2) is 1.95. The lowest BCUT2D eigenvalue weighted by molar-refractivity contribution is -0.143. The van der Waals surface area contributed by atoms with Gasteiger partial charge in [0.1, 0.15) is 0 Å². The summed E-state index contributed by atoms with van der Waals surface area (Å²) >= 11 is 0. The molecule has 0 spiro atoms. The number of hydrogen-bond donors (Lipinski definition) is 1. The van der Waals surface area contributed by atoms with Crippen LogP contribution in [0.4, 0.5) is 0 Å². The molecule has 2 rings (SSSR count). The highest BCUT2D eigenvalue weighted by atomic mass is 16.5. The molecule has 0 radical (unpaired) electrons. The molecule has 0 aromatic carbocycles. The van der Waals surface area contributed by atoms with Crippen molar-refractivity contribution in [2.45, 2.75) is 31.5 Å². The molecule has 3 nitrogen and oxygen atoms in total. The zero-order valence-electron chi connectivity index (χ0n) is 5.62. The van der Waals surface area contributed by atoms with Crippen LogP contribution in [0.2, 0.25) is 0 Å². The molecular weight excluding hydrogens is 132 g/mol. The molecule has 2 aliphatic rings. The van der Waals surface area contributed by atoms with Gasteiger partial charge in [0, 0.05) is 0 Å². The molecule has 2 bridgehead atoms. The third-order valence-corrected chi connectivity index (χ3v) is 2.42. The monoisotopic (exact) mass is 142 g/mol. The molecule has 2 fully saturated rings. The Balaban J connectivity index is 2.08. The largest absolute Gasteiger partial charge is 0.481 e. The first-order chi connectivity index (χ1) is 4.77. The third kappa shape index (κ3) is 0.736. The van der Waals surface area contributed by atoms with Crippen LogP contribution >= 0.6 is 0 Å². The maximum atomic E-state index is 10.5. The molecule has 0 saturated carbocycles. The highest BCUT2D eigenvalue weighted by Gasteiger charge is 2.44. The average molecular weight is 142 g/mol. The number of aliphatic carboxylic acids is 1. The van der Waals surface area contributed by atoms with Crippen LogP contribution in [-0.2, 0) is 9.53 Å². The first-order valence-electron chi connectivity index (χ1n) is 3.65. The van der Waals surface area contributed by atoms with E-state index < -0.39 is 5.97 Å². The molecule has 0 aromatic heterocycles. The van der Waals surface area contributed by atoms with Crippen molar-refractivity contribution in [3.63, 3.8) is 0 Å². The lowest BCUT2D eigenvalue weighted by Crippen LogP contribution is -2.24. The van der Waals surface area contributed by atoms with Crippen molar-refractivity contribution >= 4 is 5.97 Å². The molecule has 3 atom stereocenters. The Morgan fingerprint density at radius 2 is 2.30 bits per heavy atom. The standard InChI is InChI=1S/C7H10O3/c8-7(9)5-3-4-1-2-6(5)10-4/h4-6H,1-3H2,(H,8,9)/t4-,5-,6?/m0/s1. The number of ether oxygens (including phenoxy) is 1. The fourth-order valence-electron chi connectivity index (χ4n) is 1.90. The molecule has 3 heteroatoms. The van der Waals surface area contributed by atoms with Gasteiger partial charge in [-0.2, -0.15) is 0 Å². The van der Waals surface area contributed by atoms with Gasteiger partial charge < -0.3 is 9.84 Å². The molecule has 2 saturated heterocycles. The van der Waals surface area contributed by atoms with Crippen LogP contribution in [0.1, 0.15) is 19.3 Å². The lowest BCUT2D eigenvalue weighted by Gasteiger charge is -2.12. The van der Waals surface area contributed by atoms with Gasteiger partial charge in [-0.15, -0.1) is 0 Å². The Labute approximate surface area is 59.0 Å². The van der Waals surface area contributed by atoms with Crippen molar-refractivity contribution in [2.24, 2.45) is 5.92 Å². The van der Waals surface area contributed by atoms with Crippen LogP contribution in [0, 0.1) is 5.92 Å². The average Bonchev–Trinajstić information content (AvgIpc) is 2.44. The highest BCUT2D eigenvalue weighted by Crippen LogP contribution is 2.38. The van der Waals surface area contributed by atoms with Crippen molar-refractivity contribution < 1.29 is 14.6 Å². The van der Waals surface area contributed by atoms with E-state index in [0.717, 1.165) is 19.3 Å². The number of hydrogen-bond acceptors (Lipinski definition) is 2. The van der Waals surface area contributed by atoms with E-state index in [1.54, 1.807) is 0 Å². The zero-order chi connectivity index (χ0) is 7.14. The molecule has 10 heavy (non-hydrogen) atoms. The van der Waals surface area contributed by atoms with E-state index in [-0.39, 0.29) is 18.1 Å². The van der Waals surface area contributed by atoms with E-state index in [9.17, 15) is 4.79 Å². The van der Waals surface area contributed by atoms with Crippen molar-refractivity contribution in [2.75, 3.05) is 0 Å². The van der Waals surface area contributed by atoms with E-state index >= 15 is 0 Å². The summed E-state index contributed by atoms with van der Waals surface area (Å²) in [6, 6.07) is 0. The van der Waals surface area contributed by atoms with Gasteiger partial charge in [-0.25, -0.2) is 0 Å². The summed E-state index contributed by atoms with van der Waals surface area (Å²) in [6.45, 7) is 0. The van der Waals surface area contributed by atoms with Gasteiger partial charge in [-0.3, -0.25) is 4.79 Å². The number of carbonyl (C=O) groups is 1. The Hall–Kier alpha value is -0.570. The molecule has 2 aliphatic heterocycles. The first-order valence-corrected chi connectivity index (χ1v) is 3.65. The topological polar surface area (TPSA) is 46.5 Å². The minimum Gasteiger partial charge on any atom is -0.481 e. The second-order valence-corrected chi connectivity index (χ2v) is 3.05. The fourth-order valence-corrected chi connectivity index (χ4v) is 1.90. The second-order valence-electron chi connectivity index (χ2n) is 3.05. The number of carboxylic acid groups (broad SMARTS) is 1. The maximum Gasteiger partial charge on any atom is 0.309 e. The first kappa shape index (κ1) is 6.16.